The molecule has 0 saturated carbocycles. The molecule has 144 valence electrons. The number of anilines is 1. The van der Waals surface area contributed by atoms with E-state index in [2.05, 4.69) is 25.1 Å². The highest BCUT2D eigenvalue weighted by atomic mass is 16.5. The van der Waals surface area contributed by atoms with Crippen molar-refractivity contribution in [2.45, 2.75) is 32.9 Å². The lowest BCUT2D eigenvalue weighted by Gasteiger charge is -2.11. The van der Waals surface area contributed by atoms with E-state index in [-0.39, 0.29) is 5.91 Å². The fourth-order valence-electron chi connectivity index (χ4n) is 3.45. The summed E-state index contributed by atoms with van der Waals surface area (Å²) in [7, 11) is 1.60. The number of carbonyl (C=O) groups excluding carboxylic acids is 1. The Morgan fingerprint density at radius 2 is 2.07 bits per heavy atom. The van der Waals surface area contributed by atoms with Crippen molar-refractivity contribution < 1.29 is 9.53 Å². The number of hydrogen-bond donors (Lipinski definition) is 2. The van der Waals surface area contributed by atoms with Gasteiger partial charge in [-0.15, -0.1) is 10.2 Å². The number of hydrogen-bond acceptors (Lipinski definition) is 6. The summed E-state index contributed by atoms with van der Waals surface area (Å²) in [5.74, 6) is 2.73. The highest BCUT2D eigenvalue weighted by Gasteiger charge is 2.18. The molecule has 1 aliphatic heterocycles. The summed E-state index contributed by atoms with van der Waals surface area (Å²) in [6.07, 6.45) is 2.03. The van der Waals surface area contributed by atoms with Crippen LogP contribution in [0.2, 0.25) is 0 Å². The van der Waals surface area contributed by atoms with Crippen LogP contribution in [0.4, 0.5) is 5.82 Å². The van der Waals surface area contributed by atoms with E-state index in [1.807, 2.05) is 25.1 Å². The molecule has 0 atom stereocenters. The second-order valence-corrected chi connectivity index (χ2v) is 6.76. The lowest BCUT2D eigenvalue weighted by atomic mass is 10.0. The van der Waals surface area contributed by atoms with Gasteiger partial charge < -0.3 is 20.4 Å². The molecular formula is C20H22N6O2. The van der Waals surface area contributed by atoms with E-state index in [0.717, 1.165) is 47.9 Å². The van der Waals surface area contributed by atoms with Crippen LogP contribution in [-0.4, -0.2) is 32.8 Å². The number of carbonyl (C=O) groups is 1. The molecule has 3 aromatic rings. The number of nitrogens with zero attached hydrogens (tertiary/aromatic N) is 4. The Hall–Kier alpha value is -3.42. The van der Waals surface area contributed by atoms with Gasteiger partial charge in [0.05, 0.1) is 19.3 Å². The number of pyridine rings is 1. The predicted octanol–water partition coefficient (Wildman–Crippen LogP) is 2.12. The topological polar surface area (TPSA) is 108 Å². The van der Waals surface area contributed by atoms with Gasteiger partial charge >= 0.3 is 0 Å². The van der Waals surface area contributed by atoms with E-state index in [9.17, 15) is 4.79 Å². The molecule has 1 aliphatic rings. The van der Waals surface area contributed by atoms with Gasteiger partial charge in [-0.25, -0.2) is 4.98 Å². The molecular weight excluding hydrogens is 356 g/mol. The maximum atomic E-state index is 12.5. The summed E-state index contributed by atoms with van der Waals surface area (Å²) in [4.78, 5) is 16.8. The van der Waals surface area contributed by atoms with E-state index in [1.165, 1.54) is 0 Å². The first kappa shape index (κ1) is 18.0. The zero-order chi connectivity index (χ0) is 19.7. The highest BCUT2D eigenvalue weighted by molar-refractivity contribution is 5.94. The molecule has 8 nitrogen and oxygen atoms in total. The zero-order valence-electron chi connectivity index (χ0n) is 15.9. The quantitative estimate of drug-likeness (QED) is 0.704. The van der Waals surface area contributed by atoms with E-state index >= 15 is 0 Å². The third-order valence-corrected chi connectivity index (χ3v) is 4.97. The van der Waals surface area contributed by atoms with Crippen LogP contribution in [0.3, 0.4) is 0 Å². The van der Waals surface area contributed by atoms with Crippen LogP contribution in [-0.2, 0) is 19.5 Å². The van der Waals surface area contributed by atoms with Crippen molar-refractivity contribution in [1.29, 1.82) is 0 Å². The summed E-state index contributed by atoms with van der Waals surface area (Å²) in [6, 6.07) is 9.10. The van der Waals surface area contributed by atoms with Crippen LogP contribution in [0.15, 0.2) is 30.3 Å². The number of fused-ring (bicyclic) bond motifs is 1. The molecule has 28 heavy (non-hydrogen) atoms. The molecule has 0 radical (unpaired) electrons. The molecule has 2 aromatic heterocycles. The highest BCUT2D eigenvalue weighted by Crippen LogP contribution is 2.30. The molecule has 0 fully saturated rings. The van der Waals surface area contributed by atoms with Crippen molar-refractivity contribution in [3.8, 4) is 16.9 Å². The van der Waals surface area contributed by atoms with Crippen LogP contribution < -0.4 is 15.8 Å². The molecule has 1 amide bonds. The van der Waals surface area contributed by atoms with Crippen LogP contribution in [0.1, 0.15) is 34.1 Å². The van der Waals surface area contributed by atoms with Crippen molar-refractivity contribution in [3.63, 3.8) is 0 Å². The molecule has 3 heterocycles. The Labute approximate surface area is 162 Å². The molecule has 3 N–H and O–H groups in total. The van der Waals surface area contributed by atoms with Crippen molar-refractivity contribution >= 4 is 11.7 Å². The number of methoxy groups -OCH3 is 1. The molecule has 8 heteroatoms. The monoisotopic (exact) mass is 378 g/mol. The maximum absolute atomic E-state index is 12.5. The number of benzene rings is 1. The van der Waals surface area contributed by atoms with Crippen molar-refractivity contribution in [3.05, 3.63) is 53.2 Å². The number of rotatable bonds is 5. The molecule has 0 saturated heterocycles. The van der Waals surface area contributed by atoms with Gasteiger partial charge in [-0.3, -0.25) is 4.79 Å². The molecule has 0 bridgehead atoms. The fourth-order valence-corrected chi connectivity index (χ4v) is 3.45. The first-order valence-corrected chi connectivity index (χ1v) is 9.17. The summed E-state index contributed by atoms with van der Waals surface area (Å²) in [5, 5.41) is 11.2. The van der Waals surface area contributed by atoms with Gasteiger partial charge in [-0.1, -0.05) is 12.1 Å². The smallest absolute Gasteiger partial charge is 0.251 e. The number of ether oxygens (including phenoxy) is 1. The fraction of sp³-hybridized carbons (Fsp3) is 0.300. The number of nitrogens with one attached hydrogen (secondary N) is 1. The van der Waals surface area contributed by atoms with Gasteiger partial charge in [0.15, 0.2) is 5.82 Å². The van der Waals surface area contributed by atoms with Crippen LogP contribution in [0, 0.1) is 6.92 Å². The third kappa shape index (κ3) is 3.28. The van der Waals surface area contributed by atoms with E-state index in [4.69, 9.17) is 10.5 Å². The van der Waals surface area contributed by atoms with Crippen LogP contribution in [0.5, 0.6) is 5.75 Å². The van der Waals surface area contributed by atoms with Gasteiger partial charge in [0, 0.05) is 24.1 Å². The Bertz CT molecular complexity index is 1030. The maximum Gasteiger partial charge on any atom is 0.251 e. The van der Waals surface area contributed by atoms with E-state index in [1.54, 1.807) is 19.2 Å². The summed E-state index contributed by atoms with van der Waals surface area (Å²) >= 11 is 0. The number of nitrogens with two attached hydrogens (primary N) is 1. The Kier molecular flexibility index (Phi) is 4.68. The first-order valence-electron chi connectivity index (χ1n) is 9.17. The molecule has 0 spiro atoms. The normalized spacial score (nSPS) is 12.6. The standard InChI is InChI=1S/C20H22N6O2/c1-12-16(28-2)10-15(19(21)23-12)13-5-7-14(8-6-13)20(27)22-11-18-25-24-17-4-3-9-26(17)18/h5-8,10H,3-4,9,11H2,1-2H3,(H2,21,23)(H,22,27). The van der Waals surface area contributed by atoms with Crippen molar-refractivity contribution in [1.82, 2.24) is 25.1 Å². The second-order valence-electron chi connectivity index (χ2n) is 6.76. The van der Waals surface area contributed by atoms with Crippen LogP contribution >= 0.6 is 0 Å². The Balaban J connectivity index is 1.48. The average Bonchev–Trinajstić information content (AvgIpc) is 3.31. The van der Waals surface area contributed by atoms with Crippen LogP contribution in [0.25, 0.3) is 11.1 Å². The second kappa shape index (κ2) is 7.30. The van der Waals surface area contributed by atoms with E-state index in [0.29, 0.717) is 23.7 Å². The number of nitrogen functional groups attached to an aromatic ring is 1. The number of aryl methyl sites for hydroxylation is 2. The molecule has 4 rings (SSSR count). The molecule has 0 unspecified atom stereocenters. The van der Waals surface area contributed by atoms with Crippen molar-refractivity contribution in [2.75, 3.05) is 12.8 Å². The Morgan fingerprint density at radius 1 is 1.29 bits per heavy atom. The Morgan fingerprint density at radius 3 is 2.82 bits per heavy atom. The van der Waals surface area contributed by atoms with Gasteiger partial charge in [0.1, 0.15) is 17.4 Å². The third-order valence-electron chi connectivity index (χ3n) is 4.97. The largest absolute Gasteiger partial charge is 0.495 e. The average molecular weight is 378 g/mol. The van der Waals surface area contributed by atoms with Gasteiger partial charge in [0.25, 0.3) is 5.91 Å². The minimum atomic E-state index is -0.158. The SMILES string of the molecule is COc1cc(-c2ccc(C(=O)NCc3nnc4n3CCC4)cc2)c(N)nc1C. The van der Waals surface area contributed by atoms with E-state index < -0.39 is 0 Å². The summed E-state index contributed by atoms with van der Waals surface area (Å²) < 4.78 is 7.40. The summed E-state index contributed by atoms with van der Waals surface area (Å²) in [5.41, 5.74) is 9.00. The van der Waals surface area contributed by atoms with Gasteiger partial charge in [-0.2, -0.15) is 0 Å². The predicted molar refractivity (Wildman–Crippen MR) is 105 cm³/mol. The lowest BCUT2D eigenvalue weighted by Crippen LogP contribution is -2.24. The first-order chi connectivity index (χ1) is 13.6. The van der Waals surface area contributed by atoms with Gasteiger partial charge in [0.2, 0.25) is 0 Å². The minimum Gasteiger partial charge on any atom is -0.495 e. The zero-order valence-corrected chi connectivity index (χ0v) is 15.9. The number of amides is 1. The van der Waals surface area contributed by atoms with Gasteiger partial charge in [-0.05, 0) is 37.1 Å². The molecule has 0 aliphatic carbocycles. The molecule has 1 aromatic carbocycles. The summed E-state index contributed by atoms with van der Waals surface area (Å²) in [6.45, 7) is 3.12. The minimum absolute atomic E-state index is 0.158. The number of aromatic nitrogens is 4. The van der Waals surface area contributed by atoms with Crippen molar-refractivity contribution in [2.24, 2.45) is 0 Å². The lowest BCUT2D eigenvalue weighted by molar-refractivity contribution is 0.0949.